The first-order valence-electron chi connectivity index (χ1n) is 8.95. The van der Waals surface area contributed by atoms with Crippen molar-refractivity contribution in [1.29, 1.82) is 0 Å². The van der Waals surface area contributed by atoms with Gasteiger partial charge >= 0.3 is 0 Å². The van der Waals surface area contributed by atoms with E-state index >= 15 is 0 Å². The van der Waals surface area contributed by atoms with Gasteiger partial charge in [-0.2, -0.15) is 0 Å². The summed E-state index contributed by atoms with van der Waals surface area (Å²) in [6.07, 6.45) is 4.74. The number of hydrogen-bond acceptors (Lipinski definition) is 6. The predicted molar refractivity (Wildman–Crippen MR) is 112 cm³/mol. The highest BCUT2D eigenvalue weighted by atomic mass is 35.5. The SMILES string of the molecule is CCOc1ccc(C(=O)Nc2c(Cl)cncc2Cl)cc1OCC1(C)C=C(C)NO1. The Morgan fingerprint density at radius 3 is 2.59 bits per heavy atom. The van der Waals surface area contributed by atoms with Crippen LogP contribution in [0.4, 0.5) is 5.69 Å². The quantitative estimate of drug-likeness (QED) is 0.657. The van der Waals surface area contributed by atoms with Crippen molar-refractivity contribution in [3.05, 3.63) is 58.0 Å². The van der Waals surface area contributed by atoms with E-state index < -0.39 is 11.5 Å². The molecule has 9 heteroatoms. The number of nitrogens with zero attached hydrogens (tertiary/aromatic N) is 1. The van der Waals surface area contributed by atoms with Gasteiger partial charge in [-0.1, -0.05) is 23.2 Å². The number of carbonyl (C=O) groups is 1. The molecule has 1 aliphatic heterocycles. The fourth-order valence-corrected chi connectivity index (χ4v) is 3.22. The molecule has 1 aliphatic rings. The van der Waals surface area contributed by atoms with E-state index in [1.165, 1.54) is 12.4 Å². The number of aromatic nitrogens is 1. The lowest BCUT2D eigenvalue weighted by Crippen LogP contribution is -2.33. The van der Waals surface area contributed by atoms with Crippen molar-refractivity contribution in [2.75, 3.05) is 18.5 Å². The van der Waals surface area contributed by atoms with Crippen molar-refractivity contribution in [2.45, 2.75) is 26.4 Å². The molecule has 1 aromatic carbocycles. The molecule has 1 atom stereocenters. The molecule has 29 heavy (non-hydrogen) atoms. The average molecular weight is 438 g/mol. The molecule has 1 unspecified atom stereocenters. The molecule has 0 bridgehead atoms. The zero-order chi connectivity index (χ0) is 21.0. The fraction of sp³-hybridized carbons (Fsp3) is 0.300. The Hall–Kier alpha value is -2.48. The maximum Gasteiger partial charge on any atom is 0.255 e. The molecule has 2 N–H and O–H groups in total. The van der Waals surface area contributed by atoms with Crippen LogP contribution in [0, 0.1) is 0 Å². The van der Waals surface area contributed by atoms with Gasteiger partial charge in [0, 0.05) is 23.7 Å². The largest absolute Gasteiger partial charge is 0.490 e. The third-order valence-electron chi connectivity index (χ3n) is 4.08. The molecular weight excluding hydrogens is 417 g/mol. The Morgan fingerprint density at radius 1 is 1.24 bits per heavy atom. The summed E-state index contributed by atoms with van der Waals surface area (Å²) < 4.78 is 11.6. The maximum atomic E-state index is 12.7. The monoisotopic (exact) mass is 437 g/mol. The minimum Gasteiger partial charge on any atom is -0.490 e. The minimum atomic E-state index is -0.635. The van der Waals surface area contributed by atoms with Crippen molar-refractivity contribution in [3.63, 3.8) is 0 Å². The van der Waals surface area contributed by atoms with E-state index in [9.17, 15) is 4.79 Å². The number of hydrogen-bond donors (Lipinski definition) is 2. The van der Waals surface area contributed by atoms with Crippen LogP contribution in [0.15, 0.2) is 42.4 Å². The second-order valence-corrected chi connectivity index (χ2v) is 7.47. The van der Waals surface area contributed by atoms with Gasteiger partial charge in [-0.25, -0.2) is 0 Å². The number of amides is 1. The highest BCUT2D eigenvalue weighted by Crippen LogP contribution is 2.32. The van der Waals surface area contributed by atoms with Gasteiger partial charge in [-0.15, -0.1) is 0 Å². The summed E-state index contributed by atoms with van der Waals surface area (Å²) in [5.41, 5.74) is 3.73. The lowest BCUT2D eigenvalue weighted by molar-refractivity contribution is -0.0526. The molecule has 1 amide bonds. The molecule has 0 saturated carbocycles. The van der Waals surface area contributed by atoms with E-state index in [0.29, 0.717) is 29.4 Å². The molecule has 0 fully saturated rings. The summed E-state index contributed by atoms with van der Waals surface area (Å²) in [6.45, 7) is 6.34. The van der Waals surface area contributed by atoms with Gasteiger partial charge in [-0.3, -0.25) is 20.1 Å². The number of halogens is 2. The summed E-state index contributed by atoms with van der Waals surface area (Å²) in [4.78, 5) is 22.1. The van der Waals surface area contributed by atoms with Crippen LogP contribution in [0.3, 0.4) is 0 Å². The molecule has 0 spiro atoms. The van der Waals surface area contributed by atoms with Gasteiger partial charge in [-0.05, 0) is 45.0 Å². The predicted octanol–water partition coefficient (Wildman–Crippen LogP) is 4.62. The molecule has 1 aromatic heterocycles. The zero-order valence-corrected chi connectivity index (χ0v) is 17.7. The van der Waals surface area contributed by atoms with Crippen LogP contribution in [0.5, 0.6) is 11.5 Å². The van der Waals surface area contributed by atoms with Crippen LogP contribution in [0.1, 0.15) is 31.1 Å². The van der Waals surface area contributed by atoms with Crippen LogP contribution in [-0.2, 0) is 4.84 Å². The van der Waals surface area contributed by atoms with Crippen LogP contribution >= 0.6 is 23.2 Å². The van der Waals surface area contributed by atoms with Crippen LogP contribution in [0.25, 0.3) is 0 Å². The first kappa shape index (κ1) is 21.2. The molecule has 2 aromatic rings. The molecule has 0 radical (unpaired) electrons. The summed E-state index contributed by atoms with van der Waals surface area (Å²) in [5, 5.41) is 3.19. The van der Waals surface area contributed by atoms with E-state index in [0.717, 1.165) is 5.70 Å². The molecule has 0 aliphatic carbocycles. The second-order valence-electron chi connectivity index (χ2n) is 6.66. The molecule has 0 saturated heterocycles. The first-order valence-corrected chi connectivity index (χ1v) is 9.70. The van der Waals surface area contributed by atoms with Gasteiger partial charge in [0.25, 0.3) is 5.91 Å². The first-order chi connectivity index (χ1) is 13.8. The maximum absolute atomic E-state index is 12.7. The van der Waals surface area contributed by atoms with Gasteiger partial charge < -0.3 is 14.8 Å². The Labute approximate surface area is 178 Å². The number of benzene rings is 1. The Balaban J connectivity index is 1.81. The zero-order valence-electron chi connectivity index (χ0n) is 16.2. The lowest BCUT2D eigenvalue weighted by Gasteiger charge is -2.22. The third-order valence-corrected chi connectivity index (χ3v) is 4.65. The number of rotatable bonds is 7. The van der Waals surface area contributed by atoms with E-state index in [4.69, 9.17) is 37.5 Å². The summed E-state index contributed by atoms with van der Waals surface area (Å²) in [5.74, 6) is 0.558. The van der Waals surface area contributed by atoms with Crippen molar-refractivity contribution in [1.82, 2.24) is 10.5 Å². The fourth-order valence-electron chi connectivity index (χ4n) is 2.76. The number of ether oxygens (including phenoxy) is 2. The van der Waals surface area contributed by atoms with E-state index in [-0.39, 0.29) is 16.7 Å². The van der Waals surface area contributed by atoms with Crippen LogP contribution < -0.4 is 20.3 Å². The van der Waals surface area contributed by atoms with Crippen molar-refractivity contribution < 1.29 is 19.1 Å². The Morgan fingerprint density at radius 2 is 1.97 bits per heavy atom. The second kappa shape index (κ2) is 8.90. The van der Waals surface area contributed by atoms with Crippen molar-refractivity contribution >= 4 is 34.8 Å². The minimum absolute atomic E-state index is 0.227. The number of pyridine rings is 1. The standard InChI is InChI=1S/C20H21Cl2N3O4/c1-4-27-16-6-5-13(19(26)24-18-14(21)9-23-10-15(18)22)7-17(16)28-11-20(3)8-12(2)25-29-20/h5-10,25H,4,11H2,1-3H3,(H,23,24,26). The smallest absolute Gasteiger partial charge is 0.255 e. The lowest BCUT2D eigenvalue weighted by atomic mass is 10.1. The summed E-state index contributed by atoms with van der Waals surface area (Å²) in [7, 11) is 0. The van der Waals surface area contributed by atoms with Crippen LogP contribution in [0.2, 0.25) is 10.0 Å². The molecule has 3 rings (SSSR count). The van der Waals surface area contributed by atoms with Gasteiger partial charge in [0.15, 0.2) is 11.5 Å². The topological polar surface area (TPSA) is 81.7 Å². The highest BCUT2D eigenvalue weighted by Gasteiger charge is 2.30. The van der Waals surface area contributed by atoms with Crippen LogP contribution in [-0.4, -0.2) is 29.7 Å². The summed E-state index contributed by atoms with van der Waals surface area (Å²) in [6, 6.07) is 4.92. The Kier molecular flexibility index (Phi) is 6.52. The van der Waals surface area contributed by atoms with Crippen molar-refractivity contribution in [2.24, 2.45) is 0 Å². The number of carbonyl (C=O) groups excluding carboxylic acids is 1. The van der Waals surface area contributed by atoms with E-state index in [1.54, 1.807) is 18.2 Å². The van der Waals surface area contributed by atoms with Gasteiger partial charge in [0.05, 0.1) is 22.3 Å². The number of anilines is 1. The Bertz CT molecular complexity index is 931. The molecule has 2 heterocycles. The van der Waals surface area contributed by atoms with E-state index in [2.05, 4.69) is 15.8 Å². The third kappa shape index (κ3) is 5.12. The number of allylic oxidation sites excluding steroid dienone is 1. The number of hydroxylamine groups is 1. The number of nitrogens with one attached hydrogen (secondary N) is 2. The average Bonchev–Trinajstić information content (AvgIpc) is 3.03. The van der Waals surface area contributed by atoms with E-state index in [1.807, 2.05) is 26.8 Å². The normalized spacial score (nSPS) is 18.0. The molecular formula is C20H21Cl2N3O4. The highest BCUT2D eigenvalue weighted by molar-refractivity contribution is 6.39. The summed E-state index contributed by atoms with van der Waals surface area (Å²) >= 11 is 12.2. The van der Waals surface area contributed by atoms with Crippen molar-refractivity contribution in [3.8, 4) is 11.5 Å². The van der Waals surface area contributed by atoms with Gasteiger partial charge in [0.2, 0.25) is 0 Å². The molecule has 154 valence electrons. The van der Waals surface area contributed by atoms with Gasteiger partial charge in [0.1, 0.15) is 12.2 Å². The molecule has 7 nitrogen and oxygen atoms in total.